The van der Waals surface area contributed by atoms with Gasteiger partial charge in [-0.1, -0.05) is 19.3 Å². The number of rotatable bonds is 6. The summed E-state index contributed by atoms with van der Waals surface area (Å²) in [6.45, 7) is 0.484. The number of hydrogen-bond donors (Lipinski definition) is 4. The first-order valence-corrected chi connectivity index (χ1v) is 9.78. The molecule has 5 N–H and O–H groups in total. The van der Waals surface area contributed by atoms with Crippen LogP contribution in [0.15, 0.2) is 29.2 Å². The second-order valence-electron chi connectivity index (χ2n) is 5.64. The molecule has 0 saturated heterocycles. The molecule has 0 bridgehead atoms. The molecule has 0 aromatic heterocycles. The van der Waals surface area contributed by atoms with Crippen molar-refractivity contribution in [1.29, 1.82) is 0 Å². The van der Waals surface area contributed by atoms with Gasteiger partial charge in [0.25, 0.3) is 0 Å². The number of nitrogens with one attached hydrogen (secondary N) is 3. The van der Waals surface area contributed by atoms with Gasteiger partial charge in [-0.25, -0.2) is 13.1 Å². The van der Waals surface area contributed by atoms with E-state index in [1.165, 1.54) is 19.3 Å². The van der Waals surface area contributed by atoms with Crippen LogP contribution >= 0.6 is 24.6 Å². The van der Waals surface area contributed by atoms with Crippen LogP contribution in [0.2, 0.25) is 0 Å². The Bertz CT molecular complexity index is 617. The predicted octanol–water partition coefficient (Wildman–Crippen LogP) is 1.96. The van der Waals surface area contributed by atoms with Gasteiger partial charge in [0.05, 0.1) is 4.90 Å². The van der Waals surface area contributed by atoms with Crippen LogP contribution in [-0.4, -0.2) is 32.7 Å². The van der Waals surface area contributed by atoms with Crippen LogP contribution in [-0.2, 0) is 10.0 Å². The Hall–Kier alpha value is -0.930. The third-order valence-corrected chi connectivity index (χ3v) is 5.50. The first-order chi connectivity index (χ1) is 11.0. The number of sulfonamides is 1. The molecule has 24 heavy (non-hydrogen) atoms. The van der Waals surface area contributed by atoms with Gasteiger partial charge in [0.2, 0.25) is 10.0 Å². The Kier molecular flexibility index (Phi) is 8.93. The second kappa shape index (κ2) is 10.1. The number of halogens is 1. The van der Waals surface area contributed by atoms with Crippen LogP contribution in [0, 0.1) is 0 Å². The van der Waals surface area contributed by atoms with Crippen molar-refractivity contribution in [2.75, 3.05) is 18.4 Å². The summed E-state index contributed by atoms with van der Waals surface area (Å²) in [6.07, 6.45) is 6.06. The van der Waals surface area contributed by atoms with Gasteiger partial charge in [-0.3, -0.25) is 0 Å². The molecule has 1 aliphatic rings. The van der Waals surface area contributed by atoms with Crippen molar-refractivity contribution in [1.82, 2.24) is 10.0 Å². The van der Waals surface area contributed by atoms with Crippen molar-refractivity contribution in [2.24, 2.45) is 5.73 Å². The summed E-state index contributed by atoms with van der Waals surface area (Å²) in [4.78, 5) is 0.211. The lowest BCUT2D eigenvalue weighted by Crippen LogP contribution is -2.38. The third-order valence-electron chi connectivity index (χ3n) is 3.80. The van der Waals surface area contributed by atoms with E-state index in [0.717, 1.165) is 18.5 Å². The molecule has 1 aromatic carbocycles. The van der Waals surface area contributed by atoms with Crippen LogP contribution in [0.1, 0.15) is 32.1 Å². The average molecular weight is 393 g/mol. The lowest BCUT2D eigenvalue weighted by Gasteiger charge is -2.24. The number of thiocarbonyl (C=S) groups is 1. The first kappa shape index (κ1) is 21.1. The highest BCUT2D eigenvalue weighted by Gasteiger charge is 2.15. The van der Waals surface area contributed by atoms with E-state index in [0.29, 0.717) is 11.2 Å². The average Bonchev–Trinajstić information content (AvgIpc) is 2.54. The maximum absolute atomic E-state index is 12.0. The first-order valence-electron chi connectivity index (χ1n) is 7.88. The maximum Gasteiger partial charge on any atom is 0.240 e. The van der Waals surface area contributed by atoms with E-state index in [9.17, 15) is 8.42 Å². The van der Waals surface area contributed by atoms with E-state index >= 15 is 0 Å². The van der Waals surface area contributed by atoms with Gasteiger partial charge in [-0.15, -0.1) is 12.4 Å². The van der Waals surface area contributed by atoms with Crippen molar-refractivity contribution in [2.45, 2.75) is 43.0 Å². The van der Waals surface area contributed by atoms with Gasteiger partial charge >= 0.3 is 0 Å². The molecule has 1 aliphatic carbocycles. The lowest BCUT2D eigenvalue weighted by molar-refractivity contribution is 0.415. The zero-order chi connectivity index (χ0) is 16.7. The topological polar surface area (TPSA) is 96.2 Å². The maximum atomic E-state index is 12.0. The van der Waals surface area contributed by atoms with Crippen molar-refractivity contribution in [3.8, 4) is 0 Å². The summed E-state index contributed by atoms with van der Waals surface area (Å²) in [7, 11) is -3.50. The Balaban J connectivity index is 0.00000288. The molecule has 0 amide bonds. The second-order valence-corrected chi connectivity index (χ2v) is 7.82. The molecule has 6 nitrogen and oxygen atoms in total. The summed E-state index contributed by atoms with van der Waals surface area (Å²) < 4.78 is 26.4. The molecule has 1 aromatic rings. The standard InChI is InChI=1S/C15H24N4O2S2.ClH/c16-10-11-17-23(20,21)14-8-6-13(7-9-14)19-15(22)18-12-4-2-1-3-5-12;/h6-9,12,17H,1-5,10-11,16H2,(H2,18,19,22);1H. The summed E-state index contributed by atoms with van der Waals surface area (Å²) in [6, 6.07) is 6.93. The summed E-state index contributed by atoms with van der Waals surface area (Å²) in [5, 5.41) is 6.99. The highest BCUT2D eigenvalue weighted by Crippen LogP contribution is 2.18. The van der Waals surface area contributed by atoms with E-state index < -0.39 is 10.0 Å². The van der Waals surface area contributed by atoms with Gasteiger partial charge in [-0.05, 0) is 49.3 Å². The molecular formula is C15H25ClN4O2S2. The summed E-state index contributed by atoms with van der Waals surface area (Å²) >= 11 is 5.31. The van der Waals surface area contributed by atoms with E-state index in [1.807, 2.05) is 0 Å². The third kappa shape index (κ3) is 6.52. The minimum atomic E-state index is -3.50. The van der Waals surface area contributed by atoms with Gasteiger partial charge in [0.1, 0.15) is 0 Å². The van der Waals surface area contributed by atoms with Crippen LogP contribution in [0.25, 0.3) is 0 Å². The molecule has 1 saturated carbocycles. The van der Waals surface area contributed by atoms with E-state index in [1.54, 1.807) is 24.3 Å². The fraction of sp³-hybridized carbons (Fsp3) is 0.533. The number of anilines is 1. The molecule has 0 atom stereocenters. The SMILES string of the molecule is Cl.NCCNS(=O)(=O)c1ccc(NC(=S)NC2CCCCC2)cc1. The van der Waals surface area contributed by atoms with Crippen LogP contribution in [0.4, 0.5) is 5.69 Å². The van der Waals surface area contributed by atoms with Crippen molar-refractivity contribution >= 4 is 45.4 Å². The molecule has 1 fully saturated rings. The van der Waals surface area contributed by atoms with Crippen LogP contribution < -0.4 is 21.1 Å². The van der Waals surface area contributed by atoms with Crippen molar-refractivity contribution in [3.63, 3.8) is 0 Å². The molecule has 0 unspecified atom stereocenters. The van der Waals surface area contributed by atoms with Crippen LogP contribution in [0.5, 0.6) is 0 Å². The van der Waals surface area contributed by atoms with E-state index in [-0.39, 0.29) is 30.4 Å². The molecular weight excluding hydrogens is 368 g/mol. The molecule has 0 aliphatic heterocycles. The number of hydrogen-bond acceptors (Lipinski definition) is 4. The van der Waals surface area contributed by atoms with E-state index in [2.05, 4.69) is 15.4 Å². The van der Waals surface area contributed by atoms with Gasteiger partial charge < -0.3 is 16.4 Å². The van der Waals surface area contributed by atoms with Gasteiger partial charge in [0.15, 0.2) is 5.11 Å². The molecule has 0 spiro atoms. The number of benzene rings is 1. The zero-order valence-electron chi connectivity index (χ0n) is 13.5. The summed E-state index contributed by atoms with van der Waals surface area (Å²) in [5.74, 6) is 0. The predicted molar refractivity (Wildman–Crippen MR) is 104 cm³/mol. The highest BCUT2D eigenvalue weighted by atomic mass is 35.5. The zero-order valence-corrected chi connectivity index (χ0v) is 15.9. The number of nitrogens with two attached hydrogens (primary N) is 1. The minimum absolute atomic E-state index is 0. The van der Waals surface area contributed by atoms with E-state index in [4.69, 9.17) is 18.0 Å². The normalized spacial score (nSPS) is 15.4. The fourth-order valence-electron chi connectivity index (χ4n) is 2.59. The van der Waals surface area contributed by atoms with Gasteiger partial charge in [0, 0.05) is 24.8 Å². The lowest BCUT2D eigenvalue weighted by atomic mass is 9.96. The molecule has 2 rings (SSSR count). The molecule has 0 heterocycles. The smallest absolute Gasteiger partial charge is 0.240 e. The Morgan fingerprint density at radius 3 is 2.38 bits per heavy atom. The minimum Gasteiger partial charge on any atom is -0.360 e. The van der Waals surface area contributed by atoms with Crippen LogP contribution in [0.3, 0.4) is 0 Å². The Labute approximate surface area is 155 Å². The molecule has 9 heteroatoms. The largest absolute Gasteiger partial charge is 0.360 e. The molecule has 0 radical (unpaired) electrons. The highest BCUT2D eigenvalue weighted by molar-refractivity contribution is 7.89. The molecule has 136 valence electrons. The fourth-order valence-corrected chi connectivity index (χ4v) is 3.93. The Morgan fingerprint density at radius 2 is 1.79 bits per heavy atom. The van der Waals surface area contributed by atoms with Crippen molar-refractivity contribution < 1.29 is 8.42 Å². The summed E-state index contributed by atoms with van der Waals surface area (Å²) in [5.41, 5.74) is 6.07. The van der Waals surface area contributed by atoms with Crippen molar-refractivity contribution in [3.05, 3.63) is 24.3 Å². The quantitative estimate of drug-likeness (QED) is 0.553. The van der Waals surface area contributed by atoms with Gasteiger partial charge in [-0.2, -0.15) is 0 Å². The Morgan fingerprint density at radius 1 is 1.17 bits per heavy atom. The monoisotopic (exact) mass is 392 g/mol.